The highest BCUT2D eigenvalue weighted by Crippen LogP contribution is 2.14. The van der Waals surface area contributed by atoms with E-state index in [2.05, 4.69) is 13.8 Å². The molecule has 0 aliphatic rings. The van der Waals surface area contributed by atoms with Crippen molar-refractivity contribution in [3.8, 4) is 0 Å². The van der Waals surface area contributed by atoms with Crippen LogP contribution in [0.4, 0.5) is 0 Å². The normalized spacial score (nSPS) is 12.1. The molecule has 154 valence electrons. The van der Waals surface area contributed by atoms with Gasteiger partial charge in [0.15, 0.2) is 0 Å². The summed E-state index contributed by atoms with van der Waals surface area (Å²) < 4.78 is 5.38. The first-order valence-electron chi connectivity index (χ1n) is 11.0. The highest BCUT2D eigenvalue weighted by molar-refractivity contribution is 5.71. The van der Waals surface area contributed by atoms with Crippen molar-refractivity contribution >= 4 is 11.9 Å². The van der Waals surface area contributed by atoms with Crippen molar-refractivity contribution in [1.82, 2.24) is 0 Å². The molecule has 0 aromatic carbocycles. The SMILES string of the molecule is CCCCCCCCCCCCCC(=O)OC(CCCCC)CC(=O)O. The summed E-state index contributed by atoms with van der Waals surface area (Å²) in [6, 6.07) is 0. The topological polar surface area (TPSA) is 63.6 Å². The molecule has 0 spiro atoms. The third kappa shape index (κ3) is 17.8. The van der Waals surface area contributed by atoms with Crippen LogP contribution in [0.2, 0.25) is 0 Å². The first-order valence-corrected chi connectivity index (χ1v) is 11.0. The van der Waals surface area contributed by atoms with Gasteiger partial charge in [-0.1, -0.05) is 90.9 Å². The van der Waals surface area contributed by atoms with E-state index in [9.17, 15) is 9.59 Å². The van der Waals surface area contributed by atoms with Gasteiger partial charge in [-0.15, -0.1) is 0 Å². The molecule has 0 radical (unpaired) electrons. The minimum absolute atomic E-state index is 0.0757. The van der Waals surface area contributed by atoms with Crippen molar-refractivity contribution in [2.24, 2.45) is 0 Å². The molecule has 0 aromatic rings. The van der Waals surface area contributed by atoms with Crippen LogP contribution < -0.4 is 0 Å². The van der Waals surface area contributed by atoms with E-state index in [1.54, 1.807) is 0 Å². The molecule has 0 bridgehead atoms. The number of hydrogen-bond acceptors (Lipinski definition) is 3. The van der Waals surface area contributed by atoms with Crippen molar-refractivity contribution < 1.29 is 19.4 Å². The number of rotatable bonds is 19. The molecular formula is C22H42O4. The van der Waals surface area contributed by atoms with Crippen LogP contribution in [0.25, 0.3) is 0 Å². The van der Waals surface area contributed by atoms with Crippen LogP contribution in [0.5, 0.6) is 0 Å². The van der Waals surface area contributed by atoms with Crippen LogP contribution in [0.1, 0.15) is 123 Å². The molecule has 0 aliphatic heterocycles. The first-order chi connectivity index (χ1) is 12.6. The lowest BCUT2D eigenvalue weighted by atomic mass is 10.1. The smallest absolute Gasteiger partial charge is 0.307 e. The predicted molar refractivity (Wildman–Crippen MR) is 107 cm³/mol. The Morgan fingerprint density at radius 2 is 1.19 bits per heavy atom. The van der Waals surface area contributed by atoms with Crippen molar-refractivity contribution in [3.05, 3.63) is 0 Å². The Bertz CT molecular complexity index is 341. The maximum atomic E-state index is 11.9. The number of carboxylic acids is 1. The Morgan fingerprint density at radius 1 is 0.731 bits per heavy atom. The lowest BCUT2D eigenvalue weighted by molar-refractivity contribution is -0.153. The maximum absolute atomic E-state index is 11.9. The molecule has 0 saturated carbocycles. The van der Waals surface area contributed by atoms with Gasteiger partial charge in [0, 0.05) is 6.42 Å². The van der Waals surface area contributed by atoms with E-state index in [-0.39, 0.29) is 12.4 Å². The molecular weight excluding hydrogens is 328 g/mol. The Labute approximate surface area is 161 Å². The summed E-state index contributed by atoms with van der Waals surface area (Å²) in [4.78, 5) is 22.8. The van der Waals surface area contributed by atoms with Crippen LogP contribution in [-0.2, 0) is 14.3 Å². The molecule has 4 nitrogen and oxygen atoms in total. The standard InChI is InChI=1S/C22H42O4/c1-3-5-7-8-9-10-11-12-13-14-16-18-22(25)26-20(19-21(23)24)17-15-6-4-2/h20H,3-19H2,1-2H3,(H,23,24). The summed E-state index contributed by atoms with van der Waals surface area (Å²) in [5, 5.41) is 8.94. The summed E-state index contributed by atoms with van der Waals surface area (Å²) in [6.07, 6.45) is 17.3. The van der Waals surface area contributed by atoms with Gasteiger partial charge in [0.2, 0.25) is 0 Å². The highest BCUT2D eigenvalue weighted by Gasteiger charge is 2.17. The lowest BCUT2D eigenvalue weighted by Gasteiger charge is -2.16. The third-order valence-electron chi connectivity index (χ3n) is 4.81. The zero-order valence-corrected chi connectivity index (χ0v) is 17.3. The second-order valence-electron chi connectivity index (χ2n) is 7.49. The van der Waals surface area contributed by atoms with Gasteiger partial charge in [-0.05, 0) is 19.3 Å². The van der Waals surface area contributed by atoms with E-state index >= 15 is 0 Å². The Morgan fingerprint density at radius 3 is 1.69 bits per heavy atom. The quantitative estimate of drug-likeness (QED) is 0.204. The fourth-order valence-electron chi connectivity index (χ4n) is 3.20. The number of carbonyl (C=O) groups is 2. The van der Waals surface area contributed by atoms with Crippen molar-refractivity contribution in [3.63, 3.8) is 0 Å². The number of hydrogen-bond donors (Lipinski definition) is 1. The molecule has 1 N–H and O–H groups in total. The average Bonchev–Trinajstić information content (AvgIpc) is 2.59. The van der Waals surface area contributed by atoms with Gasteiger partial charge in [0.25, 0.3) is 0 Å². The van der Waals surface area contributed by atoms with E-state index < -0.39 is 12.1 Å². The number of carbonyl (C=O) groups excluding carboxylic acids is 1. The fraction of sp³-hybridized carbons (Fsp3) is 0.909. The minimum Gasteiger partial charge on any atom is -0.481 e. The molecule has 4 heteroatoms. The van der Waals surface area contributed by atoms with E-state index in [0.29, 0.717) is 12.8 Å². The Kier molecular flexibility index (Phi) is 18.0. The second-order valence-corrected chi connectivity index (χ2v) is 7.49. The molecule has 0 amide bonds. The molecule has 26 heavy (non-hydrogen) atoms. The first kappa shape index (κ1) is 24.9. The number of carboxylic acid groups (broad SMARTS) is 1. The second kappa shape index (κ2) is 18.7. The van der Waals surface area contributed by atoms with Crippen molar-refractivity contribution in [2.75, 3.05) is 0 Å². The molecule has 0 saturated heterocycles. The number of ether oxygens (including phenoxy) is 1. The largest absolute Gasteiger partial charge is 0.481 e. The molecule has 0 aliphatic carbocycles. The van der Waals surface area contributed by atoms with Gasteiger partial charge in [-0.25, -0.2) is 0 Å². The van der Waals surface area contributed by atoms with Gasteiger partial charge in [-0.3, -0.25) is 9.59 Å². The zero-order valence-electron chi connectivity index (χ0n) is 17.3. The van der Waals surface area contributed by atoms with Gasteiger partial charge in [0.05, 0.1) is 6.42 Å². The van der Waals surface area contributed by atoms with Gasteiger partial charge in [-0.2, -0.15) is 0 Å². The van der Waals surface area contributed by atoms with E-state index in [0.717, 1.165) is 32.1 Å². The maximum Gasteiger partial charge on any atom is 0.307 e. The van der Waals surface area contributed by atoms with Crippen LogP contribution in [0, 0.1) is 0 Å². The summed E-state index contributed by atoms with van der Waals surface area (Å²) >= 11 is 0. The number of unbranched alkanes of at least 4 members (excludes halogenated alkanes) is 12. The minimum atomic E-state index is -0.894. The molecule has 0 heterocycles. The summed E-state index contributed by atoms with van der Waals surface area (Å²) in [7, 11) is 0. The predicted octanol–water partition coefficient (Wildman–Crippen LogP) is 6.65. The van der Waals surface area contributed by atoms with Gasteiger partial charge < -0.3 is 9.84 Å². The van der Waals surface area contributed by atoms with Crippen LogP contribution in [-0.4, -0.2) is 23.1 Å². The Balaban J connectivity index is 3.61. The van der Waals surface area contributed by atoms with E-state index in [1.807, 2.05) is 0 Å². The van der Waals surface area contributed by atoms with Crippen LogP contribution in [0.3, 0.4) is 0 Å². The third-order valence-corrected chi connectivity index (χ3v) is 4.81. The highest BCUT2D eigenvalue weighted by atomic mass is 16.5. The van der Waals surface area contributed by atoms with Crippen molar-refractivity contribution in [2.45, 2.75) is 129 Å². The van der Waals surface area contributed by atoms with Crippen molar-refractivity contribution in [1.29, 1.82) is 0 Å². The summed E-state index contributed by atoms with van der Waals surface area (Å²) in [5.41, 5.74) is 0. The number of esters is 1. The van der Waals surface area contributed by atoms with Crippen LogP contribution >= 0.6 is 0 Å². The summed E-state index contributed by atoms with van der Waals surface area (Å²) in [5.74, 6) is -1.13. The fourth-order valence-corrected chi connectivity index (χ4v) is 3.20. The molecule has 1 unspecified atom stereocenters. The zero-order chi connectivity index (χ0) is 19.5. The summed E-state index contributed by atoms with van der Waals surface area (Å²) in [6.45, 7) is 4.35. The molecule has 1 atom stereocenters. The van der Waals surface area contributed by atoms with Crippen LogP contribution in [0.15, 0.2) is 0 Å². The molecule has 0 rings (SSSR count). The van der Waals surface area contributed by atoms with Gasteiger partial charge >= 0.3 is 11.9 Å². The number of aliphatic carboxylic acids is 1. The van der Waals surface area contributed by atoms with E-state index in [1.165, 1.54) is 57.8 Å². The molecule has 0 fully saturated rings. The van der Waals surface area contributed by atoms with E-state index in [4.69, 9.17) is 9.84 Å². The lowest BCUT2D eigenvalue weighted by Crippen LogP contribution is -2.21. The monoisotopic (exact) mass is 370 g/mol. The average molecular weight is 371 g/mol. The Hall–Kier alpha value is -1.06. The van der Waals surface area contributed by atoms with Gasteiger partial charge in [0.1, 0.15) is 6.10 Å². The molecule has 0 aromatic heterocycles.